The maximum atomic E-state index is 3.72. The second kappa shape index (κ2) is 7.40. The molecule has 3 heteroatoms. The molecular weight excluding hydrogens is 414 g/mol. The second-order valence-electron chi connectivity index (χ2n) is 6.18. The van der Waals surface area contributed by atoms with E-state index in [0.29, 0.717) is 0 Å². The molecule has 1 nitrogen and oxygen atoms in total. The lowest BCUT2D eigenvalue weighted by molar-refractivity contribution is 0.666. The van der Waals surface area contributed by atoms with Gasteiger partial charge in [-0.1, -0.05) is 58.0 Å². The fourth-order valence-electron chi connectivity index (χ4n) is 3.52. The molecule has 122 valence electrons. The summed E-state index contributed by atoms with van der Waals surface area (Å²) in [6.07, 6.45) is 6.38. The van der Waals surface area contributed by atoms with Gasteiger partial charge in [-0.3, -0.25) is 0 Å². The summed E-state index contributed by atoms with van der Waals surface area (Å²) < 4.78 is 4.80. The van der Waals surface area contributed by atoms with Crippen LogP contribution in [0.25, 0.3) is 21.8 Å². The molecule has 0 spiro atoms. The molecule has 3 aromatic rings. The summed E-state index contributed by atoms with van der Waals surface area (Å²) >= 11 is 7.34. The van der Waals surface area contributed by atoms with Crippen molar-refractivity contribution >= 4 is 53.7 Å². The number of unbranched alkanes of at least 4 members (excludes halogenated alkanes) is 3. The second-order valence-corrected chi connectivity index (χ2v) is 8.01. The highest BCUT2D eigenvalue weighted by Gasteiger charge is 2.14. The molecule has 0 atom stereocenters. The van der Waals surface area contributed by atoms with Gasteiger partial charge in [0.25, 0.3) is 0 Å². The van der Waals surface area contributed by atoms with Crippen molar-refractivity contribution in [3.05, 3.63) is 44.8 Å². The monoisotopic (exact) mass is 435 g/mol. The Morgan fingerprint density at radius 2 is 1.65 bits per heavy atom. The minimum Gasteiger partial charge on any atom is -0.341 e. The highest BCUT2D eigenvalue weighted by Crippen LogP contribution is 2.35. The van der Waals surface area contributed by atoms with E-state index in [2.05, 4.69) is 80.6 Å². The molecule has 0 aliphatic heterocycles. The van der Waals surface area contributed by atoms with Gasteiger partial charge in [0, 0.05) is 31.8 Å². The van der Waals surface area contributed by atoms with E-state index in [0.717, 1.165) is 17.4 Å². The molecule has 0 radical (unpaired) electrons. The van der Waals surface area contributed by atoms with E-state index in [1.54, 1.807) is 0 Å². The van der Waals surface area contributed by atoms with Crippen molar-refractivity contribution in [3.63, 3.8) is 0 Å². The number of halogens is 2. The SMILES string of the molecule is CCCCCCc1cc(Br)cc2c3cc(Br)ccc3n(CC)c12. The summed E-state index contributed by atoms with van der Waals surface area (Å²) in [5.41, 5.74) is 4.22. The number of hydrogen-bond acceptors (Lipinski definition) is 0. The lowest BCUT2D eigenvalue weighted by Gasteiger charge is -2.10. The zero-order valence-electron chi connectivity index (χ0n) is 13.8. The van der Waals surface area contributed by atoms with Crippen molar-refractivity contribution in [3.8, 4) is 0 Å². The van der Waals surface area contributed by atoms with Gasteiger partial charge in [0.1, 0.15) is 0 Å². The maximum Gasteiger partial charge on any atom is 0.0524 e. The molecule has 0 amide bonds. The third kappa shape index (κ3) is 3.36. The third-order valence-corrected chi connectivity index (χ3v) is 5.53. The molecule has 0 aliphatic carbocycles. The molecule has 2 aromatic carbocycles. The molecule has 0 saturated carbocycles. The van der Waals surface area contributed by atoms with Gasteiger partial charge in [0.2, 0.25) is 0 Å². The normalized spacial score (nSPS) is 11.7. The van der Waals surface area contributed by atoms with E-state index in [4.69, 9.17) is 0 Å². The average Bonchev–Trinajstić information content (AvgIpc) is 2.84. The predicted octanol–water partition coefficient (Wildman–Crippen LogP) is 7.46. The molecule has 3 rings (SSSR count). The van der Waals surface area contributed by atoms with Crippen molar-refractivity contribution in [1.82, 2.24) is 4.57 Å². The topological polar surface area (TPSA) is 4.93 Å². The van der Waals surface area contributed by atoms with E-state index in [1.165, 1.54) is 57.5 Å². The Hall–Kier alpha value is -0.800. The number of rotatable bonds is 6. The van der Waals surface area contributed by atoms with E-state index in [9.17, 15) is 0 Å². The number of nitrogens with zero attached hydrogens (tertiary/aromatic N) is 1. The molecule has 0 bridgehead atoms. The molecule has 0 unspecified atom stereocenters. The first-order valence-corrected chi connectivity index (χ1v) is 10.1. The van der Waals surface area contributed by atoms with E-state index >= 15 is 0 Å². The number of benzene rings is 2. The predicted molar refractivity (Wildman–Crippen MR) is 108 cm³/mol. The summed E-state index contributed by atoms with van der Waals surface area (Å²) in [5, 5.41) is 2.70. The first-order valence-electron chi connectivity index (χ1n) is 8.55. The number of aromatic nitrogens is 1. The number of fused-ring (bicyclic) bond motifs is 3. The van der Waals surface area contributed by atoms with Crippen molar-refractivity contribution in [2.24, 2.45) is 0 Å². The van der Waals surface area contributed by atoms with Crippen LogP contribution in [-0.4, -0.2) is 4.57 Å². The standard InChI is InChI=1S/C20H23Br2N/c1-3-5-6-7-8-14-11-16(22)13-18-17-12-15(21)9-10-19(17)23(4-2)20(14)18/h9-13H,3-8H2,1-2H3. The lowest BCUT2D eigenvalue weighted by Crippen LogP contribution is -1.97. The van der Waals surface area contributed by atoms with Gasteiger partial charge >= 0.3 is 0 Å². The van der Waals surface area contributed by atoms with Crippen LogP contribution in [0.2, 0.25) is 0 Å². The first kappa shape index (κ1) is 17.0. The Bertz CT molecular complexity index is 833. The Kier molecular flexibility index (Phi) is 5.48. The zero-order chi connectivity index (χ0) is 16.4. The minimum absolute atomic E-state index is 1.01. The van der Waals surface area contributed by atoms with E-state index in [1.807, 2.05) is 0 Å². The molecule has 1 aromatic heterocycles. The summed E-state index contributed by atoms with van der Waals surface area (Å²) in [5.74, 6) is 0. The molecule has 0 aliphatic rings. The largest absolute Gasteiger partial charge is 0.341 e. The Morgan fingerprint density at radius 3 is 2.39 bits per heavy atom. The molecular formula is C20H23Br2N. The fourth-order valence-corrected chi connectivity index (χ4v) is 4.39. The van der Waals surface area contributed by atoms with Crippen molar-refractivity contribution in [2.45, 2.75) is 52.5 Å². The van der Waals surface area contributed by atoms with Gasteiger partial charge < -0.3 is 4.57 Å². The first-order chi connectivity index (χ1) is 11.2. The van der Waals surface area contributed by atoms with Crippen molar-refractivity contribution < 1.29 is 0 Å². The van der Waals surface area contributed by atoms with Crippen molar-refractivity contribution in [2.75, 3.05) is 0 Å². The van der Waals surface area contributed by atoms with Crippen LogP contribution in [-0.2, 0) is 13.0 Å². The van der Waals surface area contributed by atoms with Crippen LogP contribution in [0.4, 0.5) is 0 Å². The quantitative estimate of drug-likeness (QED) is 0.353. The van der Waals surface area contributed by atoms with Gasteiger partial charge in [0.05, 0.1) is 5.52 Å². The Labute approximate surface area is 155 Å². The Morgan fingerprint density at radius 1 is 0.870 bits per heavy atom. The van der Waals surface area contributed by atoms with E-state index < -0.39 is 0 Å². The van der Waals surface area contributed by atoms with Crippen LogP contribution in [0.15, 0.2) is 39.3 Å². The number of aryl methyl sites for hydroxylation is 2. The maximum absolute atomic E-state index is 3.72. The summed E-state index contributed by atoms with van der Waals surface area (Å²) in [6.45, 7) is 5.51. The third-order valence-electron chi connectivity index (χ3n) is 4.58. The molecule has 0 saturated heterocycles. The van der Waals surface area contributed by atoms with Crippen LogP contribution >= 0.6 is 31.9 Å². The van der Waals surface area contributed by atoms with Gasteiger partial charge in [-0.25, -0.2) is 0 Å². The van der Waals surface area contributed by atoms with Crippen LogP contribution in [0.1, 0.15) is 45.1 Å². The molecule has 23 heavy (non-hydrogen) atoms. The zero-order valence-corrected chi connectivity index (χ0v) is 17.0. The highest BCUT2D eigenvalue weighted by atomic mass is 79.9. The van der Waals surface area contributed by atoms with Crippen LogP contribution in [0, 0.1) is 0 Å². The van der Waals surface area contributed by atoms with Crippen molar-refractivity contribution in [1.29, 1.82) is 0 Å². The van der Waals surface area contributed by atoms with Gasteiger partial charge in [0.15, 0.2) is 0 Å². The van der Waals surface area contributed by atoms with Crippen LogP contribution in [0.5, 0.6) is 0 Å². The van der Waals surface area contributed by atoms with Gasteiger partial charge in [-0.15, -0.1) is 0 Å². The molecule has 0 N–H and O–H groups in total. The smallest absolute Gasteiger partial charge is 0.0524 e. The van der Waals surface area contributed by atoms with Crippen LogP contribution in [0.3, 0.4) is 0 Å². The van der Waals surface area contributed by atoms with Gasteiger partial charge in [-0.2, -0.15) is 0 Å². The average molecular weight is 437 g/mol. The van der Waals surface area contributed by atoms with Crippen LogP contribution < -0.4 is 0 Å². The number of hydrogen-bond donors (Lipinski definition) is 0. The Balaban J connectivity index is 2.18. The lowest BCUT2D eigenvalue weighted by atomic mass is 10.0. The summed E-state index contributed by atoms with van der Waals surface area (Å²) in [4.78, 5) is 0. The fraction of sp³-hybridized carbons (Fsp3) is 0.400. The highest BCUT2D eigenvalue weighted by molar-refractivity contribution is 9.10. The molecule has 1 heterocycles. The minimum atomic E-state index is 1.01. The summed E-state index contributed by atoms with van der Waals surface area (Å²) in [6, 6.07) is 11.2. The van der Waals surface area contributed by atoms with E-state index in [-0.39, 0.29) is 0 Å². The summed E-state index contributed by atoms with van der Waals surface area (Å²) in [7, 11) is 0. The molecule has 0 fully saturated rings. The van der Waals surface area contributed by atoms with Gasteiger partial charge in [-0.05, 0) is 55.7 Å².